The molecule has 0 amide bonds. The molecule has 27 heavy (non-hydrogen) atoms. The van der Waals surface area contributed by atoms with Gasteiger partial charge in [0.15, 0.2) is 5.57 Å². The minimum Gasteiger partial charge on any atom is -0.494 e. The lowest BCUT2D eigenvalue weighted by Gasteiger charge is -2.03. The molecule has 0 fully saturated rings. The van der Waals surface area contributed by atoms with Crippen molar-refractivity contribution in [3.63, 3.8) is 0 Å². The summed E-state index contributed by atoms with van der Waals surface area (Å²) in [6, 6.07) is 17.7. The van der Waals surface area contributed by atoms with Gasteiger partial charge < -0.3 is 10.1 Å². The highest BCUT2D eigenvalue weighted by Gasteiger charge is 2.09. The molecule has 0 aliphatic carbocycles. The van der Waals surface area contributed by atoms with E-state index in [9.17, 15) is 0 Å². The van der Waals surface area contributed by atoms with Crippen LogP contribution >= 0.6 is 0 Å². The molecule has 0 unspecified atom stereocenters. The van der Waals surface area contributed by atoms with E-state index in [1.54, 1.807) is 30.3 Å². The SMILES string of the molecule is CCOc1ccc(-n2nc3ccc(NC(C#N)=C(C#N)C#N)cc3n2)cc1. The Bertz CT molecular complexity index is 1120. The zero-order valence-corrected chi connectivity index (χ0v) is 14.3. The van der Waals surface area contributed by atoms with Crippen LogP contribution in [0.4, 0.5) is 5.69 Å². The number of ether oxygens (including phenoxy) is 1. The predicted molar refractivity (Wildman–Crippen MR) is 97.5 cm³/mol. The molecular formula is C19H13N7O. The van der Waals surface area contributed by atoms with Gasteiger partial charge in [0, 0.05) is 5.69 Å². The lowest BCUT2D eigenvalue weighted by Crippen LogP contribution is -2.00. The molecule has 3 aromatic rings. The molecule has 0 radical (unpaired) electrons. The maximum absolute atomic E-state index is 9.13. The maximum atomic E-state index is 9.13. The molecule has 0 spiro atoms. The van der Waals surface area contributed by atoms with Crippen LogP contribution in [0.1, 0.15) is 6.92 Å². The molecule has 0 atom stereocenters. The Morgan fingerprint density at radius 2 is 1.70 bits per heavy atom. The van der Waals surface area contributed by atoms with Crippen molar-refractivity contribution < 1.29 is 4.74 Å². The van der Waals surface area contributed by atoms with Crippen molar-refractivity contribution >= 4 is 16.7 Å². The summed E-state index contributed by atoms with van der Waals surface area (Å²) in [7, 11) is 0. The monoisotopic (exact) mass is 355 g/mol. The van der Waals surface area contributed by atoms with Gasteiger partial charge in [-0.05, 0) is 49.4 Å². The van der Waals surface area contributed by atoms with E-state index in [-0.39, 0.29) is 11.3 Å². The molecule has 0 saturated heterocycles. The van der Waals surface area contributed by atoms with Crippen LogP contribution in [0.3, 0.4) is 0 Å². The molecule has 1 N–H and O–H groups in total. The quantitative estimate of drug-likeness (QED) is 0.697. The van der Waals surface area contributed by atoms with Crippen molar-refractivity contribution in [2.24, 2.45) is 0 Å². The van der Waals surface area contributed by atoms with E-state index >= 15 is 0 Å². The molecule has 1 aromatic heterocycles. The van der Waals surface area contributed by atoms with Gasteiger partial charge >= 0.3 is 0 Å². The van der Waals surface area contributed by atoms with E-state index in [0.717, 1.165) is 11.4 Å². The molecule has 8 heteroatoms. The summed E-state index contributed by atoms with van der Waals surface area (Å²) >= 11 is 0. The fraction of sp³-hybridized carbons (Fsp3) is 0.105. The molecule has 0 aliphatic rings. The summed E-state index contributed by atoms with van der Waals surface area (Å²) < 4.78 is 5.42. The number of nitrogens with zero attached hydrogens (tertiary/aromatic N) is 6. The van der Waals surface area contributed by atoms with Gasteiger partial charge in [-0.1, -0.05) is 0 Å². The molecular weight excluding hydrogens is 342 g/mol. The van der Waals surface area contributed by atoms with E-state index < -0.39 is 0 Å². The number of aromatic nitrogens is 3. The summed E-state index contributed by atoms with van der Waals surface area (Å²) in [4.78, 5) is 1.50. The van der Waals surface area contributed by atoms with Gasteiger partial charge in [0.1, 0.15) is 40.7 Å². The topological polar surface area (TPSA) is 123 Å². The summed E-state index contributed by atoms with van der Waals surface area (Å²) in [5.74, 6) is 0.769. The number of hydrogen-bond acceptors (Lipinski definition) is 7. The highest BCUT2D eigenvalue weighted by atomic mass is 16.5. The van der Waals surface area contributed by atoms with Crippen LogP contribution in [-0.2, 0) is 0 Å². The number of anilines is 1. The zero-order chi connectivity index (χ0) is 19.2. The van der Waals surface area contributed by atoms with Crippen LogP contribution < -0.4 is 10.1 Å². The van der Waals surface area contributed by atoms with Gasteiger partial charge in [0.2, 0.25) is 0 Å². The first-order chi connectivity index (χ1) is 13.2. The van der Waals surface area contributed by atoms with Crippen LogP contribution in [0, 0.1) is 34.0 Å². The number of hydrogen-bond donors (Lipinski definition) is 1. The van der Waals surface area contributed by atoms with Crippen LogP contribution in [0.5, 0.6) is 5.75 Å². The molecule has 130 valence electrons. The zero-order valence-electron chi connectivity index (χ0n) is 14.3. The van der Waals surface area contributed by atoms with E-state index in [4.69, 9.17) is 20.5 Å². The van der Waals surface area contributed by atoms with Crippen molar-refractivity contribution in [2.75, 3.05) is 11.9 Å². The Balaban J connectivity index is 1.92. The van der Waals surface area contributed by atoms with E-state index in [2.05, 4.69) is 15.5 Å². The molecule has 0 aliphatic heterocycles. The standard InChI is InChI=1S/C19H13N7O/c1-2-27-16-6-4-15(5-7-16)26-24-17-8-3-14(9-18(17)25-26)23-19(12-22)13(10-20)11-21/h3-9,23H,2H2,1H3. The van der Waals surface area contributed by atoms with Crippen LogP contribution in [0.2, 0.25) is 0 Å². The lowest BCUT2D eigenvalue weighted by atomic mass is 10.2. The van der Waals surface area contributed by atoms with Crippen molar-refractivity contribution in [3.05, 3.63) is 53.7 Å². The Labute approximate surface area is 155 Å². The fourth-order valence-electron chi connectivity index (χ4n) is 2.38. The number of nitriles is 3. The minimum atomic E-state index is -0.282. The van der Waals surface area contributed by atoms with E-state index in [1.165, 1.54) is 4.80 Å². The smallest absolute Gasteiger partial charge is 0.163 e. The summed E-state index contributed by atoms with van der Waals surface area (Å²) in [5.41, 5.74) is 2.17. The second kappa shape index (κ2) is 7.69. The van der Waals surface area contributed by atoms with E-state index in [1.807, 2.05) is 37.3 Å². The second-order valence-corrected chi connectivity index (χ2v) is 5.33. The Kier molecular flexibility index (Phi) is 4.98. The lowest BCUT2D eigenvalue weighted by molar-refractivity contribution is 0.340. The average molecular weight is 355 g/mol. The van der Waals surface area contributed by atoms with Gasteiger partial charge in [-0.3, -0.25) is 0 Å². The van der Waals surface area contributed by atoms with Crippen LogP contribution in [0.15, 0.2) is 53.7 Å². The van der Waals surface area contributed by atoms with Gasteiger partial charge in [-0.25, -0.2) is 0 Å². The first-order valence-electron chi connectivity index (χ1n) is 8.00. The summed E-state index contributed by atoms with van der Waals surface area (Å²) in [6.45, 7) is 2.52. The third-order valence-electron chi connectivity index (χ3n) is 3.61. The van der Waals surface area contributed by atoms with Crippen LogP contribution in [0.25, 0.3) is 16.7 Å². The molecule has 0 bridgehead atoms. The van der Waals surface area contributed by atoms with Gasteiger partial charge in [0.05, 0.1) is 12.3 Å². The first-order valence-corrected chi connectivity index (χ1v) is 8.00. The number of benzene rings is 2. The largest absolute Gasteiger partial charge is 0.494 e. The predicted octanol–water partition coefficient (Wildman–Crippen LogP) is 3.06. The second-order valence-electron chi connectivity index (χ2n) is 5.33. The van der Waals surface area contributed by atoms with Crippen molar-refractivity contribution in [1.82, 2.24) is 15.0 Å². The van der Waals surface area contributed by atoms with Crippen LogP contribution in [-0.4, -0.2) is 21.6 Å². The Morgan fingerprint density at radius 1 is 1.00 bits per heavy atom. The Hall–Kier alpha value is -4.35. The van der Waals surface area contributed by atoms with Gasteiger partial charge in [-0.15, -0.1) is 10.2 Å². The molecule has 3 rings (SSSR count). The van der Waals surface area contributed by atoms with Crippen molar-refractivity contribution in [3.8, 4) is 29.6 Å². The first kappa shape index (κ1) is 17.5. The minimum absolute atomic E-state index is 0.113. The highest BCUT2D eigenvalue weighted by Crippen LogP contribution is 2.20. The third-order valence-corrected chi connectivity index (χ3v) is 3.61. The third kappa shape index (κ3) is 3.68. The molecule has 0 saturated carbocycles. The highest BCUT2D eigenvalue weighted by molar-refractivity contribution is 5.79. The van der Waals surface area contributed by atoms with Gasteiger partial charge in [0.25, 0.3) is 0 Å². The summed E-state index contributed by atoms with van der Waals surface area (Å²) in [5, 5.41) is 38.6. The fourth-order valence-corrected chi connectivity index (χ4v) is 2.38. The van der Waals surface area contributed by atoms with Crippen molar-refractivity contribution in [1.29, 1.82) is 15.8 Å². The van der Waals surface area contributed by atoms with Gasteiger partial charge in [-0.2, -0.15) is 20.6 Å². The number of rotatable bonds is 5. The molecule has 2 aromatic carbocycles. The molecule has 8 nitrogen and oxygen atoms in total. The Morgan fingerprint density at radius 3 is 2.33 bits per heavy atom. The van der Waals surface area contributed by atoms with Crippen molar-refractivity contribution in [2.45, 2.75) is 6.92 Å². The average Bonchev–Trinajstić information content (AvgIpc) is 3.12. The number of nitrogens with one attached hydrogen (secondary N) is 1. The summed E-state index contributed by atoms with van der Waals surface area (Å²) in [6.07, 6.45) is 0. The normalized spacial score (nSPS) is 9.70. The number of allylic oxidation sites excluding steroid dienone is 2. The number of fused-ring (bicyclic) bond motifs is 1. The maximum Gasteiger partial charge on any atom is 0.163 e. The van der Waals surface area contributed by atoms with E-state index in [0.29, 0.717) is 23.3 Å². The molecule has 1 heterocycles.